The summed E-state index contributed by atoms with van der Waals surface area (Å²) in [5, 5.41) is 15.7. The van der Waals surface area contributed by atoms with E-state index in [2.05, 4.69) is 10.6 Å². The number of carbonyl (C=O) groups is 1. The van der Waals surface area contributed by atoms with Gasteiger partial charge in [0.1, 0.15) is 6.04 Å². The zero-order chi connectivity index (χ0) is 15.9. The van der Waals surface area contributed by atoms with Crippen molar-refractivity contribution in [1.29, 1.82) is 0 Å². The zero-order valence-corrected chi connectivity index (χ0v) is 13.1. The lowest BCUT2D eigenvalue weighted by molar-refractivity contribution is -0.121. The summed E-state index contributed by atoms with van der Waals surface area (Å²) in [7, 11) is 0. The Morgan fingerprint density at radius 1 is 1.23 bits per heavy atom. The number of anilines is 1. The molecule has 1 unspecified atom stereocenters. The Morgan fingerprint density at radius 2 is 2.00 bits per heavy atom. The molecule has 0 spiro atoms. The summed E-state index contributed by atoms with van der Waals surface area (Å²) in [6.07, 6.45) is 0. The molecule has 0 aliphatic rings. The second kappa shape index (κ2) is 7.82. The van der Waals surface area contributed by atoms with Gasteiger partial charge in [0.25, 0.3) is 0 Å². The number of carbonyl (C=O) groups excluding carboxylic acids is 1. The lowest BCUT2D eigenvalue weighted by Gasteiger charge is -2.16. The van der Waals surface area contributed by atoms with E-state index < -0.39 is 6.04 Å². The lowest BCUT2D eigenvalue weighted by atomic mass is 10.2. The second-order valence-corrected chi connectivity index (χ2v) is 5.44. The number of aliphatic hydroxyl groups excluding tert-OH is 1. The number of benzene rings is 2. The van der Waals surface area contributed by atoms with Gasteiger partial charge in [-0.3, -0.25) is 4.79 Å². The highest BCUT2D eigenvalue weighted by Gasteiger charge is 2.12. The highest BCUT2D eigenvalue weighted by atomic mass is 35.5. The Bertz CT molecular complexity index is 646. The predicted molar refractivity (Wildman–Crippen MR) is 88.7 cm³/mol. The van der Waals surface area contributed by atoms with Crippen LogP contribution in [0.1, 0.15) is 18.1 Å². The maximum absolute atomic E-state index is 12.1. The van der Waals surface area contributed by atoms with Crippen LogP contribution in [0.5, 0.6) is 0 Å². The molecular formula is C17H19ClN2O2. The normalized spacial score (nSPS) is 11.8. The molecule has 2 aromatic carbocycles. The summed E-state index contributed by atoms with van der Waals surface area (Å²) in [6, 6.07) is 14.4. The van der Waals surface area contributed by atoms with Crippen LogP contribution in [0.3, 0.4) is 0 Å². The zero-order valence-electron chi connectivity index (χ0n) is 12.3. The SMILES string of the molecule is CC(Nc1cccc(CO)c1)C(=O)NCc1ccccc1Cl. The van der Waals surface area contributed by atoms with E-state index in [9.17, 15) is 4.79 Å². The molecule has 0 heterocycles. The van der Waals surface area contributed by atoms with Crippen molar-refractivity contribution in [3.63, 3.8) is 0 Å². The first kappa shape index (κ1) is 16.3. The first-order chi connectivity index (χ1) is 10.6. The van der Waals surface area contributed by atoms with Gasteiger partial charge in [-0.05, 0) is 36.2 Å². The average molecular weight is 319 g/mol. The van der Waals surface area contributed by atoms with Crippen LogP contribution in [0.4, 0.5) is 5.69 Å². The molecule has 0 bridgehead atoms. The van der Waals surface area contributed by atoms with E-state index in [0.717, 1.165) is 16.8 Å². The fourth-order valence-electron chi connectivity index (χ4n) is 2.05. The number of rotatable bonds is 6. The van der Waals surface area contributed by atoms with Crippen LogP contribution in [-0.4, -0.2) is 17.1 Å². The van der Waals surface area contributed by atoms with Gasteiger partial charge < -0.3 is 15.7 Å². The topological polar surface area (TPSA) is 61.4 Å². The van der Waals surface area contributed by atoms with Gasteiger partial charge in [0.15, 0.2) is 0 Å². The number of amides is 1. The Balaban J connectivity index is 1.90. The van der Waals surface area contributed by atoms with E-state index in [0.29, 0.717) is 11.6 Å². The van der Waals surface area contributed by atoms with Gasteiger partial charge in [0.2, 0.25) is 5.91 Å². The highest BCUT2D eigenvalue weighted by Crippen LogP contribution is 2.15. The number of nitrogens with one attached hydrogen (secondary N) is 2. The first-order valence-corrected chi connectivity index (χ1v) is 7.45. The molecule has 3 N–H and O–H groups in total. The van der Waals surface area contributed by atoms with Crippen molar-refractivity contribution in [3.05, 3.63) is 64.7 Å². The molecule has 4 nitrogen and oxygen atoms in total. The second-order valence-electron chi connectivity index (χ2n) is 5.03. The molecule has 0 saturated heterocycles. The monoisotopic (exact) mass is 318 g/mol. The molecule has 1 amide bonds. The van der Waals surface area contributed by atoms with Crippen molar-refractivity contribution in [2.24, 2.45) is 0 Å². The third-order valence-corrected chi connectivity index (χ3v) is 3.67. The van der Waals surface area contributed by atoms with Gasteiger partial charge in [0.05, 0.1) is 6.61 Å². The van der Waals surface area contributed by atoms with E-state index in [-0.39, 0.29) is 12.5 Å². The van der Waals surface area contributed by atoms with Crippen LogP contribution in [0, 0.1) is 0 Å². The fraction of sp³-hybridized carbons (Fsp3) is 0.235. The molecule has 2 rings (SSSR count). The van der Waals surface area contributed by atoms with Gasteiger partial charge in [-0.2, -0.15) is 0 Å². The van der Waals surface area contributed by atoms with Crippen molar-refractivity contribution in [2.45, 2.75) is 26.1 Å². The smallest absolute Gasteiger partial charge is 0.242 e. The molecule has 0 saturated carbocycles. The Labute approximate surface area is 135 Å². The van der Waals surface area contributed by atoms with Crippen molar-refractivity contribution in [3.8, 4) is 0 Å². The minimum atomic E-state index is -0.392. The minimum Gasteiger partial charge on any atom is -0.392 e. The van der Waals surface area contributed by atoms with Crippen LogP contribution in [0.2, 0.25) is 5.02 Å². The summed E-state index contributed by atoms with van der Waals surface area (Å²) in [5.74, 6) is -0.116. The Morgan fingerprint density at radius 3 is 2.73 bits per heavy atom. The van der Waals surface area contributed by atoms with Crippen LogP contribution in [0.25, 0.3) is 0 Å². The van der Waals surface area contributed by atoms with Crippen LogP contribution >= 0.6 is 11.6 Å². The van der Waals surface area contributed by atoms with Crippen LogP contribution in [0.15, 0.2) is 48.5 Å². The predicted octanol–water partition coefficient (Wildman–Crippen LogP) is 2.95. The maximum atomic E-state index is 12.1. The molecule has 5 heteroatoms. The molecule has 0 aliphatic carbocycles. The fourth-order valence-corrected chi connectivity index (χ4v) is 2.25. The van der Waals surface area contributed by atoms with E-state index in [4.69, 9.17) is 16.7 Å². The van der Waals surface area contributed by atoms with Gasteiger partial charge >= 0.3 is 0 Å². The van der Waals surface area contributed by atoms with Gasteiger partial charge in [0, 0.05) is 17.3 Å². The Kier molecular flexibility index (Phi) is 5.81. The Hall–Kier alpha value is -2.04. The van der Waals surface area contributed by atoms with Crippen molar-refractivity contribution < 1.29 is 9.90 Å². The highest BCUT2D eigenvalue weighted by molar-refractivity contribution is 6.31. The van der Waals surface area contributed by atoms with E-state index in [1.165, 1.54) is 0 Å². The molecule has 0 radical (unpaired) electrons. The molecule has 1 atom stereocenters. The standard InChI is InChI=1S/C17H19ClN2O2/c1-12(20-15-7-4-5-13(9-15)11-21)17(22)19-10-14-6-2-3-8-16(14)18/h2-9,12,20-21H,10-11H2,1H3,(H,19,22). The van der Waals surface area contributed by atoms with Crippen LogP contribution in [-0.2, 0) is 17.9 Å². The van der Waals surface area contributed by atoms with E-state index >= 15 is 0 Å². The van der Waals surface area contributed by atoms with Gasteiger partial charge in [-0.1, -0.05) is 41.9 Å². The summed E-state index contributed by atoms with van der Waals surface area (Å²) in [4.78, 5) is 12.1. The van der Waals surface area contributed by atoms with Gasteiger partial charge in [-0.25, -0.2) is 0 Å². The number of aliphatic hydroxyl groups is 1. The molecule has 22 heavy (non-hydrogen) atoms. The summed E-state index contributed by atoms with van der Waals surface area (Å²) < 4.78 is 0. The van der Waals surface area contributed by atoms with E-state index in [1.807, 2.05) is 42.5 Å². The molecule has 0 aromatic heterocycles. The molecular weight excluding hydrogens is 300 g/mol. The minimum absolute atomic E-state index is 0.0252. The quantitative estimate of drug-likeness (QED) is 0.767. The first-order valence-electron chi connectivity index (χ1n) is 7.07. The summed E-state index contributed by atoms with van der Waals surface area (Å²) in [5.41, 5.74) is 2.48. The molecule has 116 valence electrons. The third-order valence-electron chi connectivity index (χ3n) is 3.30. The number of hydrogen-bond acceptors (Lipinski definition) is 3. The molecule has 0 fully saturated rings. The molecule has 0 aliphatic heterocycles. The van der Waals surface area contributed by atoms with Crippen molar-refractivity contribution >= 4 is 23.2 Å². The van der Waals surface area contributed by atoms with Gasteiger partial charge in [-0.15, -0.1) is 0 Å². The van der Waals surface area contributed by atoms with E-state index in [1.54, 1.807) is 13.0 Å². The number of hydrogen-bond donors (Lipinski definition) is 3. The average Bonchev–Trinajstić information content (AvgIpc) is 2.54. The lowest BCUT2D eigenvalue weighted by Crippen LogP contribution is -2.37. The largest absolute Gasteiger partial charge is 0.392 e. The maximum Gasteiger partial charge on any atom is 0.242 e. The summed E-state index contributed by atoms with van der Waals surface area (Å²) >= 11 is 6.06. The number of halogens is 1. The molecule has 2 aromatic rings. The summed E-state index contributed by atoms with van der Waals surface area (Å²) in [6.45, 7) is 2.15. The van der Waals surface area contributed by atoms with Crippen LogP contribution < -0.4 is 10.6 Å². The van der Waals surface area contributed by atoms with Crippen molar-refractivity contribution in [2.75, 3.05) is 5.32 Å². The third kappa shape index (κ3) is 4.48. The van der Waals surface area contributed by atoms with Crippen molar-refractivity contribution in [1.82, 2.24) is 5.32 Å².